The van der Waals surface area contributed by atoms with Crippen molar-refractivity contribution in [1.29, 1.82) is 0 Å². The van der Waals surface area contributed by atoms with Crippen LogP contribution in [0.5, 0.6) is 0 Å². The lowest BCUT2D eigenvalue weighted by Gasteiger charge is -1.94. The number of hydrogen-bond acceptors (Lipinski definition) is 3. The van der Waals surface area contributed by atoms with Crippen molar-refractivity contribution in [3.05, 3.63) is 10.4 Å². The molecule has 0 fully saturated rings. The topological polar surface area (TPSA) is 96.7 Å². The lowest BCUT2D eigenvalue weighted by Crippen LogP contribution is -2.01. The number of rotatable bonds is 0. The van der Waals surface area contributed by atoms with Crippen molar-refractivity contribution in [3.8, 4) is 0 Å². The summed E-state index contributed by atoms with van der Waals surface area (Å²) < 4.78 is 8.53. The molecule has 0 aliphatic carbocycles. The van der Waals surface area contributed by atoms with Crippen LogP contribution in [0, 0.1) is 0 Å². The number of hydrogen-bond donors (Lipinski definition) is 0. The Morgan fingerprint density at radius 1 is 1.45 bits per heavy atom. The van der Waals surface area contributed by atoms with E-state index in [9.17, 15) is 4.79 Å². The van der Waals surface area contributed by atoms with Crippen LogP contribution in [0.15, 0.2) is 10.1 Å². The molecule has 0 saturated heterocycles. The molecule has 7 nitrogen and oxygen atoms in total. The fourth-order valence-electron chi connectivity index (χ4n) is 0.271. The first-order valence-corrected chi connectivity index (χ1v) is 2.50. The minimum Gasteiger partial charge on any atom is -0.479 e. The molecule has 0 aromatic rings. The Morgan fingerprint density at radius 3 is 2.45 bits per heavy atom. The molecule has 0 aromatic carbocycles. The van der Waals surface area contributed by atoms with Gasteiger partial charge in [0.05, 0.1) is 14.2 Å². The minimum atomic E-state index is -0.880. The van der Waals surface area contributed by atoms with E-state index in [0.717, 1.165) is 7.11 Å². The maximum absolute atomic E-state index is 10.4. The molecule has 0 aliphatic rings. The molecule has 0 atom stereocenters. The molecule has 11 heavy (non-hydrogen) atoms. The maximum atomic E-state index is 10.4. The molecule has 0 bridgehead atoms. The van der Waals surface area contributed by atoms with Gasteiger partial charge in [-0.1, -0.05) is 0 Å². The van der Waals surface area contributed by atoms with Crippen LogP contribution in [0.2, 0.25) is 0 Å². The number of amides is 1. The third kappa shape index (κ3) is 3.77. The summed E-state index contributed by atoms with van der Waals surface area (Å²) in [4.78, 5) is 15.9. The zero-order valence-corrected chi connectivity index (χ0v) is 6.01. The van der Waals surface area contributed by atoms with Gasteiger partial charge in [0.25, 0.3) is 6.02 Å². The van der Waals surface area contributed by atoms with Crippen LogP contribution in [0.3, 0.4) is 0 Å². The highest BCUT2D eigenvalue weighted by Crippen LogP contribution is 1.87. The van der Waals surface area contributed by atoms with Crippen molar-refractivity contribution in [1.82, 2.24) is 0 Å². The van der Waals surface area contributed by atoms with Gasteiger partial charge in [-0.05, 0) is 10.6 Å². The quantitative estimate of drug-likeness (QED) is 0.173. The SMILES string of the molecule is COC(=O)/N=C(/N=[N+]=[N-])OC. The van der Waals surface area contributed by atoms with Gasteiger partial charge >= 0.3 is 6.09 Å². The largest absolute Gasteiger partial charge is 0.479 e. The monoisotopic (exact) mass is 158 g/mol. The fraction of sp³-hybridized carbons (Fsp3) is 0.500. The first kappa shape index (κ1) is 9.25. The van der Waals surface area contributed by atoms with E-state index in [1.807, 2.05) is 0 Å². The first-order chi connectivity index (χ1) is 5.24. The van der Waals surface area contributed by atoms with Crippen molar-refractivity contribution in [2.24, 2.45) is 10.1 Å². The summed E-state index contributed by atoms with van der Waals surface area (Å²) in [5, 5.41) is 2.94. The Kier molecular flexibility index (Phi) is 4.26. The second kappa shape index (κ2) is 5.07. The fourth-order valence-corrected chi connectivity index (χ4v) is 0.271. The predicted molar refractivity (Wildman–Crippen MR) is 36.0 cm³/mol. The number of ether oxygens (including phenoxy) is 2. The molecule has 0 saturated carbocycles. The normalized spacial score (nSPS) is 9.82. The van der Waals surface area contributed by atoms with Crippen LogP contribution in [0.25, 0.3) is 10.4 Å². The summed E-state index contributed by atoms with van der Waals surface area (Å²) in [6.45, 7) is 0. The summed E-state index contributed by atoms with van der Waals surface area (Å²) in [6.07, 6.45) is -0.880. The van der Waals surface area contributed by atoms with Crippen LogP contribution in [0.1, 0.15) is 0 Å². The second-order valence-corrected chi connectivity index (χ2v) is 1.26. The van der Waals surface area contributed by atoms with E-state index < -0.39 is 6.09 Å². The van der Waals surface area contributed by atoms with E-state index >= 15 is 0 Å². The van der Waals surface area contributed by atoms with Crippen LogP contribution in [-0.2, 0) is 9.47 Å². The highest BCUT2D eigenvalue weighted by molar-refractivity contribution is 5.86. The molecule has 0 radical (unpaired) electrons. The number of amidine groups is 1. The van der Waals surface area contributed by atoms with Crippen molar-refractivity contribution in [2.75, 3.05) is 14.2 Å². The predicted octanol–water partition coefficient (Wildman–Crippen LogP) is 1.07. The minimum absolute atomic E-state index is 0.376. The van der Waals surface area contributed by atoms with Gasteiger partial charge in [0.15, 0.2) is 0 Å². The van der Waals surface area contributed by atoms with Crippen molar-refractivity contribution >= 4 is 12.1 Å². The Hall–Kier alpha value is -1.75. The smallest absolute Gasteiger partial charge is 0.436 e. The van der Waals surface area contributed by atoms with Crippen molar-refractivity contribution in [3.63, 3.8) is 0 Å². The summed E-state index contributed by atoms with van der Waals surface area (Å²) in [6, 6.07) is -0.376. The molecule has 0 N–H and O–H groups in total. The second-order valence-electron chi connectivity index (χ2n) is 1.26. The summed E-state index contributed by atoms with van der Waals surface area (Å²) in [7, 11) is 2.37. The van der Waals surface area contributed by atoms with Crippen LogP contribution in [0.4, 0.5) is 4.79 Å². The number of carbonyl (C=O) groups is 1. The number of azide groups is 1. The Balaban J connectivity index is 4.34. The summed E-state index contributed by atoms with van der Waals surface area (Å²) in [5.74, 6) is 0. The van der Waals surface area contributed by atoms with E-state index in [0.29, 0.717) is 0 Å². The number of carbonyl (C=O) groups excluding carboxylic acids is 1. The Morgan fingerprint density at radius 2 is 2.09 bits per heavy atom. The van der Waals surface area contributed by atoms with Crippen LogP contribution >= 0.6 is 0 Å². The van der Waals surface area contributed by atoms with Gasteiger partial charge in [0, 0.05) is 4.91 Å². The molecule has 7 heteroatoms. The molecule has 1 amide bonds. The van der Waals surface area contributed by atoms with E-state index in [1.165, 1.54) is 7.11 Å². The van der Waals surface area contributed by atoms with E-state index in [2.05, 4.69) is 24.5 Å². The standard InChI is InChI=1S/C4H6N4O3/c1-10-3(7-8-5)6-4(9)11-2/h1-2H3/b6-3-. The lowest BCUT2D eigenvalue weighted by molar-refractivity contribution is 0.181. The molecule has 0 unspecified atom stereocenters. The van der Waals surface area contributed by atoms with Gasteiger partial charge in [0.2, 0.25) is 0 Å². The lowest BCUT2D eigenvalue weighted by atomic mass is 11.0. The summed E-state index contributed by atoms with van der Waals surface area (Å²) >= 11 is 0. The van der Waals surface area contributed by atoms with Gasteiger partial charge in [-0.2, -0.15) is 0 Å². The Labute approximate surface area is 62.3 Å². The average molecular weight is 158 g/mol. The Bertz CT molecular complexity index is 217. The van der Waals surface area contributed by atoms with E-state index in [1.54, 1.807) is 0 Å². The van der Waals surface area contributed by atoms with Gasteiger partial charge < -0.3 is 9.47 Å². The zero-order chi connectivity index (χ0) is 8.69. The van der Waals surface area contributed by atoms with Gasteiger partial charge in [-0.15, -0.1) is 4.99 Å². The highest BCUT2D eigenvalue weighted by Gasteiger charge is 1.98. The summed E-state index contributed by atoms with van der Waals surface area (Å²) in [5.41, 5.74) is 7.90. The van der Waals surface area contributed by atoms with E-state index in [-0.39, 0.29) is 6.02 Å². The maximum Gasteiger partial charge on any atom is 0.436 e. The van der Waals surface area contributed by atoms with Crippen LogP contribution < -0.4 is 0 Å². The molecule has 0 aromatic heterocycles. The third-order valence-corrected chi connectivity index (χ3v) is 0.674. The first-order valence-electron chi connectivity index (χ1n) is 2.50. The van der Waals surface area contributed by atoms with Crippen molar-refractivity contribution < 1.29 is 14.3 Å². The van der Waals surface area contributed by atoms with Gasteiger partial charge in [-0.3, -0.25) is 0 Å². The number of nitrogens with zero attached hydrogens (tertiary/aromatic N) is 4. The molecule has 0 aliphatic heterocycles. The van der Waals surface area contributed by atoms with Crippen molar-refractivity contribution in [2.45, 2.75) is 0 Å². The number of aliphatic imine (C=N–C) groups is 1. The highest BCUT2D eigenvalue weighted by atomic mass is 16.5. The number of methoxy groups -OCH3 is 2. The average Bonchev–Trinajstić information content (AvgIpc) is 2.03. The van der Waals surface area contributed by atoms with Crippen LogP contribution in [-0.4, -0.2) is 26.3 Å². The molecular formula is C4H6N4O3. The molecule has 0 spiro atoms. The molecule has 0 heterocycles. The van der Waals surface area contributed by atoms with Gasteiger partial charge in [-0.25, -0.2) is 4.79 Å². The van der Waals surface area contributed by atoms with Gasteiger partial charge in [0.1, 0.15) is 0 Å². The molecular weight excluding hydrogens is 152 g/mol. The molecule has 60 valence electrons. The third-order valence-electron chi connectivity index (χ3n) is 0.674. The van der Waals surface area contributed by atoms with E-state index in [4.69, 9.17) is 5.53 Å². The zero-order valence-electron chi connectivity index (χ0n) is 6.01. The molecule has 0 rings (SSSR count).